The Kier molecular flexibility index (Phi) is 4.91. The molecule has 2 aromatic heterocycles. The zero-order valence-corrected chi connectivity index (χ0v) is 17.1. The fourth-order valence-corrected chi connectivity index (χ4v) is 3.49. The second-order valence-electron chi connectivity index (χ2n) is 7.14. The molecule has 0 unspecified atom stereocenters. The van der Waals surface area contributed by atoms with E-state index in [4.69, 9.17) is 16.1 Å². The van der Waals surface area contributed by atoms with E-state index in [1.54, 1.807) is 42.5 Å². The second-order valence-corrected chi connectivity index (χ2v) is 7.57. The predicted molar refractivity (Wildman–Crippen MR) is 118 cm³/mol. The Morgan fingerprint density at radius 2 is 1.69 bits per heavy atom. The molecule has 2 heterocycles. The van der Waals surface area contributed by atoms with Gasteiger partial charge in [0, 0.05) is 16.1 Å². The van der Waals surface area contributed by atoms with Crippen molar-refractivity contribution < 1.29 is 8.91 Å². The Hall–Kier alpha value is -4.04. The number of aromatic nitrogens is 4. The van der Waals surface area contributed by atoms with Crippen LogP contribution in [-0.2, 0) is 6.54 Å². The van der Waals surface area contributed by atoms with Crippen LogP contribution in [0, 0.1) is 5.82 Å². The van der Waals surface area contributed by atoms with Crippen LogP contribution in [0.4, 0.5) is 4.39 Å². The lowest BCUT2D eigenvalue weighted by atomic mass is 10.1. The molecule has 0 saturated heterocycles. The van der Waals surface area contributed by atoms with E-state index >= 15 is 0 Å². The quantitative estimate of drug-likeness (QED) is 0.443. The number of halogens is 2. The summed E-state index contributed by atoms with van der Waals surface area (Å²) >= 11 is 5.91. The first-order valence-corrected chi connectivity index (χ1v) is 9.97. The Morgan fingerprint density at radius 1 is 0.969 bits per heavy atom. The van der Waals surface area contributed by atoms with Crippen LogP contribution in [0.15, 0.2) is 80.8 Å². The highest BCUT2D eigenvalue weighted by molar-refractivity contribution is 6.30. The number of H-pyrrole nitrogens is 1. The minimum Gasteiger partial charge on any atom is -0.334 e. The van der Waals surface area contributed by atoms with Crippen molar-refractivity contribution in [2.45, 2.75) is 6.54 Å². The number of hydrogen-bond donors (Lipinski definition) is 1. The largest absolute Gasteiger partial charge is 0.334 e. The highest BCUT2D eigenvalue weighted by Crippen LogP contribution is 2.24. The summed E-state index contributed by atoms with van der Waals surface area (Å²) < 4.78 is 19.6. The van der Waals surface area contributed by atoms with Crippen LogP contribution < -0.4 is 11.2 Å². The first kappa shape index (κ1) is 19.9. The summed E-state index contributed by atoms with van der Waals surface area (Å²) in [6, 6.07) is 17.5. The Labute approximate surface area is 184 Å². The molecule has 0 aliphatic heterocycles. The van der Waals surface area contributed by atoms with Crippen molar-refractivity contribution in [3.05, 3.63) is 104 Å². The maximum atomic E-state index is 13.1. The van der Waals surface area contributed by atoms with Crippen molar-refractivity contribution in [3.8, 4) is 22.8 Å². The molecule has 0 saturated carbocycles. The molecule has 0 aliphatic rings. The van der Waals surface area contributed by atoms with E-state index in [-0.39, 0.29) is 18.3 Å². The van der Waals surface area contributed by atoms with Gasteiger partial charge in [-0.25, -0.2) is 9.18 Å². The lowest BCUT2D eigenvalue weighted by Crippen LogP contribution is -2.35. The molecule has 0 bridgehead atoms. The maximum absolute atomic E-state index is 13.1. The number of nitrogens with zero attached hydrogens (tertiary/aromatic N) is 3. The highest BCUT2D eigenvalue weighted by atomic mass is 35.5. The van der Waals surface area contributed by atoms with E-state index < -0.39 is 11.2 Å². The number of aromatic amines is 1. The van der Waals surface area contributed by atoms with Crippen LogP contribution >= 0.6 is 11.6 Å². The van der Waals surface area contributed by atoms with Crippen molar-refractivity contribution >= 4 is 22.5 Å². The molecule has 158 valence electrons. The molecule has 0 atom stereocenters. The molecular formula is C23H14ClFN4O3. The van der Waals surface area contributed by atoms with Gasteiger partial charge in [-0.2, -0.15) is 4.98 Å². The van der Waals surface area contributed by atoms with Gasteiger partial charge in [0.1, 0.15) is 5.82 Å². The van der Waals surface area contributed by atoms with Crippen molar-refractivity contribution in [1.82, 2.24) is 19.7 Å². The van der Waals surface area contributed by atoms with Crippen molar-refractivity contribution in [2.24, 2.45) is 0 Å². The molecule has 32 heavy (non-hydrogen) atoms. The summed E-state index contributed by atoms with van der Waals surface area (Å²) in [5.74, 6) is 0.245. The maximum Gasteiger partial charge on any atom is 0.329 e. The third-order valence-electron chi connectivity index (χ3n) is 5.01. The lowest BCUT2D eigenvalue weighted by molar-refractivity contribution is 0.432. The van der Waals surface area contributed by atoms with Gasteiger partial charge in [-0.05, 0) is 60.2 Å². The Morgan fingerprint density at radius 3 is 2.44 bits per heavy atom. The van der Waals surface area contributed by atoms with Crippen LogP contribution in [0.5, 0.6) is 0 Å². The van der Waals surface area contributed by atoms with E-state index in [0.717, 1.165) is 10.1 Å². The van der Waals surface area contributed by atoms with Crippen LogP contribution in [0.2, 0.25) is 5.02 Å². The zero-order chi connectivity index (χ0) is 22.2. The van der Waals surface area contributed by atoms with Crippen molar-refractivity contribution in [2.75, 3.05) is 0 Å². The van der Waals surface area contributed by atoms with Crippen molar-refractivity contribution in [1.29, 1.82) is 0 Å². The number of fused-ring (bicyclic) bond motifs is 1. The molecule has 0 spiro atoms. The monoisotopic (exact) mass is 448 g/mol. The standard InChI is InChI=1S/C23H14ClFN4O3/c24-16-6-3-14(4-7-16)20-27-21(32-28-20)15-5-10-18-19(11-15)26-23(31)29(22(18)30)12-13-1-8-17(25)9-2-13/h1-11H,12H2,(H,26,31). The SMILES string of the molecule is O=c1[nH]c2cc(-c3nc(-c4ccc(Cl)cc4)no3)ccc2c(=O)n1Cc1ccc(F)cc1. The summed E-state index contributed by atoms with van der Waals surface area (Å²) in [7, 11) is 0. The topological polar surface area (TPSA) is 93.8 Å². The van der Waals surface area contributed by atoms with Gasteiger partial charge in [0.2, 0.25) is 5.82 Å². The summed E-state index contributed by atoms with van der Waals surface area (Å²) in [6.07, 6.45) is 0. The summed E-state index contributed by atoms with van der Waals surface area (Å²) in [5.41, 5.74) is 1.25. The van der Waals surface area contributed by atoms with E-state index in [9.17, 15) is 14.0 Å². The van der Waals surface area contributed by atoms with Gasteiger partial charge in [-0.3, -0.25) is 9.36 Å². The highest BCUT2D eigenvalue weighted by Gasteiger charge is 2.14. The van der Waals surface area contributed by atoms with Gasteiger partial charge < -0.3 is 9.51 Å². The molecule has 7 nitrogen and oxygen atoms in total. The summed E-state index contributed by atoms with van der Waals surface area (Å²) in [4.78, 5) is 32.6. The molecule has 3 aromatic carbocycles. The smallest absolute Gasteiger partial charge is 0.329 e. The van der Waals surface area contributed by atoms with E-state index in [2.05, 4.69) is 15.1 Å². The van der Waals surface area contributed by atoms with Gasteiger partial charge in [-0.15, -0.1) is 0 Å². The average molecular weight is 449 g/mol. The minimum atomic E-state index is -0.573. The number of benzene rings is 3. The van der Waals surface area contributed by atoms with Gasteiger partial charge in [0.05, 0.1) is 17.4 Å². The third kappa shape index (κ3) is 3.72. The molecule has 0 fully saturated rings. The fourth-order valence-electron chi connectivity index (χ4n) is 3.36. The number of nitrogens with one attached hydrogen (secondary N) is 1. The number of hydrogen-bond acceptors (Lipinski definition) is 5. The van der Waals surface area contributed by atoms with Crippen LogP contribution in [-0.4, -0.2) is 19.7 Å². The first-order valence-electron chi connectivity index (χ1n) is 9.59. The second kappa shape index (κ2) is 7.90. The van der Waals surface area contributed by atoms with Crippen LogP contribution in [0.3, 0.4) is 0 Å². The van der Waals surface area contributed by atoms with E-state index in [0.29, 0.717) is 32.9 Å². The molecular weight excluding hydrogens is 435 g/mol. The lowest BCUT2D eigenvalue weighted by Gasteiger charge is -2.07. The molecule has 0 amide bonds. The summed E-state index contributed by atoms with van der Waals surface area (Å²) in [6.45, 7) is 0.0280. The normalized spacial score (nSPS) is 11.2. The van der Waals surface area contributed by atoms with Gasteiger partial charge in [0.25, 0.3) is 11.4 Å². The molecule has 0 radical (unpaired) electrons. The fraction of sp³-hybridized carbons (Fsp3) is 0.0435. The first-order chi connectivity index (χ1) is 15.5. The minimum absolute atomic E-state index is 0.0280. The molecule has 5 aromatic rings. The van der Waals surface area contributed by atoms with Gasteiger partial charge >= 0.3 is 5.69 Å². The van der Waals surface area contributed by atoms with E-state index in [1.165, 1.54) is 24.3 Å². The summed E-state index contributed by atoms with van der Waals surface area (Å²) in [5, 5.41) is 4.91. The van der Waals surface area contributed by atoms with Crippen LogP contribution in [0.1, 0.15) is 5.56 Å². The molecule has 5 rings (SSSR count). The molecule has 0 aliphatic carbocycles. The average Bonchev–Trinajstić information content (AvgIpc) is 3.28. The number of rotatable bonds is 4. The third-order valence-corrected chi connectivity index (χ3v) is 5.26. The van der Waals surface area contributed by atoms with Crippen molar-refractivity contribution in [3.63, 3.8) is 0 Å². The van der Waals surface area contributed by atoms with Gasteiger partial charge in [0.15, 0.2) is 0 Å². The van der Waals surface area contributed by atoms with E-state index in [1.807, 2.05) is 0 Å². The predicted octanol–water partition coefficient (Wildman–Crippen LogP) is 4.25. The Bertz CT molecular complexity index is 1550. The Balaban J connectivity index is 1.51. The van der Waals surface area contributed by atoms with Crippen LogP contribution in [0.25, 0.3) is 33.7 Å². The van der Waals surface area contributed by atoms with Gasteiger partial charge in [-0.1, -0.05) is 28.9 Å². The molecule has 1 N–H and O–H groups in total. The zero-order valence-electron chi connectivity index (χ0n) is 16.4. The molecule has 9 heteroatoms.